The monoisotopic (exact) mass is 321 g/mol. The van der Waals surface area contributed by atoms with Crippen LogP contribution in [0.4, 0.5) is 5.13 Å². The summed E-state index contributed by atoms with van der Waals surface area (Å²) in [7, 11) is 0. The van der Waals surface area contributed by atoms with Crippen molar-refractivity contribution in [3.63, 3.8) is 0 Å². The molecule has 0 bridgehead atoms. The van der Waals surface area contributed by atoms with Crippen LogP contribution in [0, 0.1) is 6.92 Å². The number of hydrogen-bond donors (Lipinski definition) is 0. The van der Waals surface area contributed by atoms with Crippen molar-refractivity contribution < 1.29 is 4.79 Å². The number of carbonyl (C=O) groups excluding carboxylic acids is 1. The zero-order valence-electron chi connectivity index (χ0n) is 12.1. The van der Waals surface area contributed by atoms with Crippen molar-refractivity contribution >= 4 is 33.7 Å². The highest BCUT2D eigenvalue weighted by Gasteiger charge is 2.22. The topological polar surface area (TPSA) is 36.4 Å². The average molecular weight is 321 g/mol. The number of aromatic nitrogens is 1. The van der Waals surface area contributed by atoms with Crippen LogP contribution in [-0.4, -0.2) is 42.0 Å². The molecule has 3 rings (SSSR count). The Labute approximate surface area is 133 Å². The van der Waals surface area contributed by atoms with Crippen LogP contribution in [-0.2, 0) is 11.2 Å². The molecular weight excluding hydrogens is 302 g/mol. The summed E-state index contributed by atoms with van der Waals surface area (Å²) in [6, 6.07) is 2.18. The minimum atomic E-state index is 0.278. The fraction of sp³-hybridized carbons (Fsp3) is 0.467. The van der Waals surface area contributed by atoms with Gasteiger partial charge in [0, 0.05) is 49.1 Å². The molecule has 0 atom stereocenters. The molecule has 1 fully saturated rings. The summed E-state index contributed by atoms with van der Waals surface area (Å²) >= 11 is 3.41. The third kappa shape index (κ3) is 3.63. The van der Waals surface area contributed by atoms with E-state index in [9.17, 15) is 4.79 Å². The van der Waals surface area contributed by atoms with E-state index in [1.807, 2.05) is 16.5 Å². The molecule has 2 aromatic heterocycles. The maximum Gasteiger partial charge on any atom is 0.223 e. The van der Waals surface area contributed by atoms with Gasteiger partial charge in [-0.05, 0) is 30.4 Å². The Balaban J connectivity index is 1.46. The number of piperazine rings is 1. The lowest BCUT2D eigenvalue weighted by Crippen LogP contribution is -2.48. The maximum atomic E-state index is 12.3. The Morgan fingerprint density at radius 3 is 2.71 bits per heavy atom. The largest absolute Gasteiger partial charge is 0.345 e. The van der Waals surface area contributed by atoms with Gasteiger partial charge in [0.15, 0.2) is 5.13 Å². The Morgan fingerprint density at radius 1 is 1.29 bits per heavy atom. The van der Waals surface area contributed by atoms with Crippen molar-refractivity contribution in [2.45, 2.75) is 19.8 Å². The zero-order chi connectivity index (χ0) is 14.7. The standard InChI is InChI=1S/C15H19N3OS2/c1-12-10-13(21-11-12)2-3-14(19)17-5-7-18(8-6-17)15-16-4-9-20-15/h4,9-11H,2-3,5-8H2,1H3. The van der Waals surface area contributed by atoms with Gasteiger partial charge in [0.05, 0.1) is 0 Å². The molecule has 4 nitrogen and oxygen atoms in total. The molecule has 1 aliphatic rings. The Morgan fingerprint density at radius 2 is 2.10 bits per heavy atom. The van der Waals surface area contributed by atoms with Crippen molar-refractivity contribution in [1.29, 1.82) is 0 Å². The molecule has 0 saturated carbocycles. The predicted octanol–water partition coefficient (Wildman–Crippen LogP) is 2.79. The summed E-state index contributed by atoms with van der Waals surface area (Å²) in [6.45, 7) is 5.48. The smallest absolute Gasteiger partial charge is 0.223 e. The molecule has 0 unspecified atom stereocenters. The average Bonchev–Trinajstić information content (AvgIpc) is 3.16. The molecule has 6 heteroatoms. The Bertz CT molecular complexity index is 586. The summed E-state index contributed by atoms with van der Waals surface area (Å²) in [5, 5.41) is 5.21. The normalized spacial score (nSPS) is 15.5. The highest BCUT2D eigenvalue weighted by Crippen LogP contribution is 2.20. The van der Waals surface area contributed by atoms with Crippen LogP contribution in [0.5, 0.6) is 0 Å². The fourth-order valence-electron chi connectivity index (χ4n) is 2.53. The van der Waals surface area contributed by atoms with Crippen molar-refractivity contribution in [2.75, 3.05) is 31.1 Å². The van der Waals surface area contributed by atoms with Gasteiger partial charge in [-0.25, -0.2) is 4.98 Å². The highest BCUT2D eigenvalue weighted by molar-refractivity contribution is 7.13. The van der Waals surface area contributed by atoms with Gasteiger partial charge in [-0.15, -0.1) is 22.7 Å². The van der Waals surface area contributed by atoms with E-state index in [-0.39, 0.29) is 5.91 Å². The van der Waals surface area contributed by atoms with Crippen LogP contribution in [0.2, 0.25) is 0 Å². The van der Waals surface area contributed by atoms with Crippen LogP contribution in [0.25, 0.3) is 0 Å². The lowest BCUT2D eigenvalue weighted by molar-refractivity contribution is -0.131. The second-order valence-corrected chi connectivity index (χ2v) is 7.14. The van der Waals surface area contributed by atoms with Crippen LogP contribution >= 0.6 is 22.7 Å². The third-order valence-corrected chi connectivity index (χ3v) is 5.64. The molecule has 0 aromatic carbocycles. The number of nitrogens with zero attached hydrogens (tertiary/aromatic N) is 3. The van der Waals surface area contributed by atoms with Gasteiger partial charge in [-0.1, -0.05) is 0 Å². The molecule has 1 amide bonds. The lowest BCUT2D eigenvalue weighted by atomic mass is 10.2. The van der Waals surface area contributed by atoms with Gasteiger partial charge in [0.1, 0.15) is 0 Å². The molecule has 21 heavy (non-hydrogen) atoms. The highest BCUT2D eigenvalue weighted by atomic mass is 32.1. The molecule has 0 aliphatic carbocycles. The van der Waals surface area contributed by atoms with Crippen molar-refractivity contribution in [1.82, 2.24) is 9.88 Å². The van der Waals surface area contributed by atoms with Crippen LogP contribution < -0.4 is 4.90 Å². The van der Waals surface area contributed by atoms with Gasteiger partial charge in [0.25, 0.3) is 0 Å². The first-order valence-electron chi connectivity index (χ1n) is 7.18. The van der Waals surface area contributed by atoms with Gasteiger partial charge in [0.2, 0.25) is 5.91 Å². The van der Waals surface area contributed by atoms with E-state index < -0.39 is 0 Å². The van der Waals surface area contributed by atoms with Crippen LogP contribution in [0.15, 0.2) is 23.0 Å². The first-order valence-corrected chi connectivity index (χ1v) is 8.94. The van der Waals surface area contributed by atoms with E-state index in [1.54, 1.807) is 22.7 Å². The maximum absolute atomic E-state index is 12.3. The minimum Gasteiger partial charge on any atom is -0.345 e. The quantitative estimate of drug-likeness (QED) is 0.869. The lowest BCUT2D eigenvalue weighted by Gasteiger charge is -2.34. The number of amides is 1. The predicted molar refractivity (Wildman–Crippen MR) is 88.3 cm³/mol. The summed E-state index contributed by atoms with van der Waals surface area (Å²) < 4.78 is 0. The molecule has 0 spiro atoms. The molecule has 112 valence electrons. The molecule has 0 radical (unpaired) electrons. The molecule has 1 aliphatic heterocycles. The first kappa shape index (κ1) is 14.5. The zero-order valence-corrected chi connectivity index (χ0v) is 13.8. The van der Waals surface area contributed by atoms with Crippen LogP contribution in [0.3, 0.4) is 0 Å². The van der Waals surface area contributed by atoms with E-state index >= 15 is 0 Å². The minimum absolute atomic E-state index is 0.278. The number of thiophene rings is 1. The van der Waals surface area contributed by atoms with E-state index in [0.29, 0.717) is 6.42 Å². The summed E-state index contributed by atoms with van der Waals surface area (Å²) in [4.78, 5) is 22.2. The third-order valence-electron chi connectivity index (χ3n) is 3.69. The molecule has 1 saturated heterocycles. The van der Waals surface area contributed by atoms with E-state index in [1.165, 1.54) is 10.4 Å². The van der Waals surface area contributed by atoms with Gasteiger partial charge >= 0.3 is 0 Å². The molecule has 0 N–H and O–H groups in total. The number of carbonyl (C=O) groups is 1. The van der Waals surface area contributed by atoms with Crippen molar-refractivity contribution in [2.24, 2.45) is 0 Å². The van der Waals surface area contributed by atoms with Gasteiger partial charge in [-0.3, -0.25) is 4.79 Å². The van der Waals surface area contributed by atoms with Gasteiger partial charge < -0.3 is 9.80 Å². The van der Waals surface area contributed by atoms with E-state index in [0.717, 1.165) is 37.7 Å². The van der Waals surface area contributed by atoms with Crippen LogP contribution in [0.1, 0.15) is 16.9 Å². The second-order valence-electron chi connectivity index (χ2n) is 5.27. The number of hydrogen-bond acceptors (Lipinski definition) is 5. The van der Waals surface area contributed by atoms with Gasteiger partial charge in [-0.2, -0.15) is 0 Å². The fourth-order valence-corrected chi connectivity index (χ4v) is 4.11. The van der Waals surface area contributed by atoms with E-state index in [2.05, 4.69) is 28.3 Å². The summed E-state index contributed by atoms with van der Waals surface area (Å²) in [6.07, 6.45) is 3.32. The Kier molecular flexibility index (Phi) is 4.55. The summed E-state index contributed by atoms with van der Waals surface area (Å²) in [5.41, 5.74) is 1.29. The second kappa shape index (κ2) is 6.58. The number of thiazole rings is 1. The van der Waals surface area contributed by atoms with Crippen molar-refractivity contribution in [3.8, 4) is 0 Å². The molecular formula is C15H19N3OS2. The first-order chi connectivity index (χ1) is 10.2. The van der Waals surface area contributed by atoms with Crippen molar-refractivity contribution in [3.05, 3.63) is 33.5 Å². The molecule has 3 heterocycles. The number of anilines is 1. The summed E-state index contributed by atoms with van der Waals surface area (Å²) in [5.74, 6) is 0.278. The SMILES string of the molecule is Cc1csc(CCC(=O)N2CCN(c3nccs3)CC2)c1. The number of aryl methyl sites for hydroxylation is 2. The Hall–Kier alpha value is -1.40. The van der Waals surface area contributed by atoms with E-state index in [4.69, 9.17) is 0 Å². The number of rotatable bonds is 4. The molecule has 2 aromatic rings.